The van der Waals surface area contributed by atoms with Crippen LogP contribution in [0, 0.1) is 0 Å². The van der Waals surface area contributed by atoms with E-state index < -0.39 is 6.04 Å². The number of amides is 2. The molecule has 86 valence electrons. The van der Waals surface area contributed by atoms with Crippen LogP contribution in [0.3, 0.4) is 0 Å². The number of carbonyl (C=O) groups excluding carboxylic acids is 2. The van der Waals surface area contributed by atoms with Gasteiger partial charge in [0.15, 0.2) is 0 Å². The minimum Gasteiger partial charge on any atom is -0.370 e. The maximum Gasteiger partial charge on any atom is 0.246 e. The molecule has 1 rings (SSSR count). The highest BCUT2D eigenvalue weighted by atomic mass is 16.5. The highest BCUT2D eigenvalue weighted by molar-refractivity contribution is 5.88. The van der Waals surface area contributed by atoms with E-state index in [0.717, 1.165) is 6.42 Å². The quantitative estimate of drug-likeness (QED) is 0.479. The van der Waals surface area contributed by atoms with E-state index in [2.05, 4.69) is 10.6 Å². The number of piperidine rings is 1. The largest absolute Gasteiger partial charge is 0.370 e. The van der Waals surface area contributed by atoms with Crippen molar-refractivity contribution in [1.82, 2.24) is 10.6 Å². The Morgan fingerprint density at radius 2 is 2.47 bits per heavy atom. The zero-order chi connectivity index (χ0) is 11.1. The first kappa shape index (κ1) is 11.9. The van der Waals surface area contributed by atoms with E-state index in [4.69, 9.17) is 10.5 Å². The molecule has 0 aromatic heterocycles. The van der Waals surface area contributed by atoms with E-state index in [1.165, 1.54) is 0 Å². The first-order chi connectivity index (χ1) is 7.24. The van der Waals surface area contributed by atoms with Crippen LogP contribution in [0.15, 0.2) is 0 Å². The fraction of sp³-hybridized carbons (Fsp3) is 0.778. The van der Waals surface area contributed by atoms with Gasteiger partial charge < -0.3 is 21.1 Å². The van der Waals surface area contributed by atoms with Gasteiger partial charge in [-0.2, -0.15) is 0 Å². The Morgan fingerprint density at radius 3 is 3.13 bits per heavy atom. The van der Waals surface area contributed by atoms with Crippen LogP contribution in [0.4, 0.5) is 0 Å². The summed E-state index contributed by atoms with van der Waals surface area (Å²) in [5, 5.41) is 5.30. The van der Waals surface area contributed by atoms with Crippen LogP contribution in [-0.2, 0) is 14.3 Å². The molecule has 1 unspecified atom stereocenters. The average molecular weight is 215 g/mol. The summed E-state index contributed by atoms with van der Waals surface area (Å²) in [7, 11) is 0. The van der Waals surface area contributed by atoms with Crippen molar-refractivity contribution >= 4 is 11.8 Å². The Balaban J connectivity index is 2.21. The van der Waals surface area contributed by atoms with Gasteiger partial charge in [-0.1, -0.05) is 0 Å². The highest BCUT2D eigenvalue weighted by Crippen LogP contribution is 2.02. The summed E-state index contributed by atoms with van der Waals surface area (Å²) in [5.74, 6) is -0.390. The van der Waals surface area contributed by atoms with E-state index in [0.29, 0.717) is 26.1 Å². The molecule has 1 heterocycles. The number of hydrogen-bond acceptors (Lipinski definition) is 4. The second-order valence-corrected chi connectivity index (χ2v) is 3.39. The van der Waals surface area contributed by atoms with Crippen LogP contribution in [-0.4, -0.2) is 44.2 Å². The molecule has 0 bridgehead atoms. The monoisotopic (exact) mass is 215 g/mol. The molecule has 0 saturated carbocycles. The Morgan fingerprint density at radius 1 is 1.67 bits per heavy atom. The first-order valence-corrected chi connectivity index (χ1v) is 5.09. The van der Waals surface area contributed by atoms with Gasteiger partial charge in [0.1, 0.15) is 12.6 Å². The molecule has 0 aromatic rings. The molecular weight excluding hydrogens is 198 g/mol. The normalized spacial score (nSPS) is 20.9. The van der Waals surface area contributed by atoms with Crippen LogP contribution < -0.4 is 16.4 Å². The molecule has 6 nitrogen and oxygen atoms in total. The standard InChI is InChI=1S/C9H17N3O3/c10-3-5-15-6-8(13)12-7-2-1-4-11-9(7)14/h7H,1-6,10H2,(H,11,14)(H,12,13). The molecule has 6 heteroatoms. The topological polar surface area (TPSA) is 93.4 Å². The molecule has 1 fully saturated rings. The van der Waals surface area contributed by atoms with Gasteiger partial charge in [0.25, 0.3) is 0 Å². The summed E-state index contributed by atoms with van der Waals surface area (Å²) in [6.07, 6.45) is 1.58. The summed E-state index contributed by atoms with van der Waals surface area (Å²) in [5.41, 5.74) is 5.20. The molecule has 0 spiro atoms. The van der Waals surface area contributed by atoms with Gasteiger partial charge in [0.2, 0.25) is 11.8 Å². The lowest BCUT2D eigenvalue weighted by Crippen LogP contribution is -2.51. The van der Waals surface area contributed by atoms with E-state index in [-0.39, 0.29) is 18.4 Å². The maximum absolute atomic E-state index is 11.3. The van der Waals surface area contributed by atoms with Gasteiger partial charge >= 0.3 is 0 Å². The summed E-state index contributed by atoms with van der Waals surface area (Å²) in [6.45, 7) is 1.39. The number of ether oxygens (including phenoxy) is 1. The summed E-state index contributed by atoms with van der Waals surface area (Å²) < 4.78 is 4.95. The highest BCUT2D eigenvalue weighted by Gasteiger charge is 2.23. The molecule has 1 aliphatic rings. The van der Waals surface area contributed by atoms with Crippen LogP contribution >= 0.6 is 0 Å². The third-order valence-corrected chi connectivity index (χ3v) is 2.12. The number of nitrogens with two attached hydrogens (primary N) is 1. The molecule has 0 radical (unpaired) electrons. The molecule has 1 saturated heterocycles. The van der Waals surface area contributed by atoms with E-state index in [9.17, 15) is 9.59 Å². The molecule has 1 atom stereocenters. The average Bonchev–Trinajstić information content (AvgIpc) is 2.22. The van der Waals surface area contributed by atoms with Crippen LogP contribution in [0.5, 0.6) is 0 Å². The lowest BCUT2D eigenvalue weighted by molar-refractivity contribution is -0.132. The van der Waals surface area contributed by atoms with Crippen molar-refractivity contribution in [3.8, 4) is 0 Å². The van der Waals surface area contributed by atoms with Gasteiger partial charge in [0.05, 0.1) is 6.61 Å². The Hall–Kier alpha value is -1.14. The molecule has 0 aromatic carbocycles. The fourth-order valence-electron chi connectivity index (χ4n) is 1.39. The minimum atomic E-state index is -0.410. The van der Waals surface area contributed by atoms with Crippen LogP contribution in [0.25, 0.3) is 0 Å². The Kier molecular flexibility index (Phi) is 5.06. The number of nitrogens with one attached hydrogen (secondary N) is 2. The van der Waals surface area contributed by atoms with E-state index in [1.54, 1.807) is 0 Å². The SMILES string of the molecule is NCCOCC(=O)NC1CCCNC1=O. The summed E-state index contributed by atoms with van der Waals surface area (Å²) >= 11 is 0. The smallest absolute Gasteiger partial charge is 0.246 e. The predicted octanol–water partition coefficient (Wildman–Crippen LogP) is -1.64. The van der Waals surface area contributed by atoms with E-state index in [1.807, 2.05) is 0 Å². The van der Waals surface area contributed by atoms with E-state index >= 15 is 0 Å². The summed E-state index contributed by atoms with van der Waals surface area (Å²) in [4.78, 5) is 22.5. The summed E-state index contributed by atoms with van der Waals surface area (Å²) in [6, 6.07) is -0.410. The van der Waals surface area contributed by atoms with Crippen molar-refractivity contribution in [2.45, 2.75) is 18.9 Å². The van der Waals surface area contributed by atoms with Crippen LogP contribution in [0.2, 0.25) is 0 Å². The number of rotatable bonds is 5. The second-order valence-electron chi connectivity index (χ2n) is 3.39. The van der Waals surface area contributed by atoms with Crippen molar-refractivity contribution < 1.29 is 14.3 Å². The maximum atomic E-state index is 11.3. The zero-order valence-corrected chi connectivity index (χ0v) is 8.62. The molecule has 4 N–H and O–H groups in total. The fourth-order valence-corrected chi connectivity index (χ4v) is 1.39. The van der Waals surface area contributed by atoms with Gasteiger partial charge in [0, 0.05) is 13.1 Å². The third-order valence-electron chi connectivity index (χ3n) is 2.12. The molecule has 0 aliphatic carbocycles. The van der Waals surface area contributed by atoms with Gasteiger partial charge in [-0.25, -0.2) is 0 Å². The second kappa shape index (κ2) is 6.36. The third kappa shape index (κ3) is 4.26. The van der Waals surface area contributed by atoms with Crippen molar-refractivity contribution in [1.29, 1.82) is 0 Å². The molecular formula is C9H17N3O3. The molecule has 1 aliphatic heterocycles. The first-order valence-electron chi connectivity index (χ1n) is 5.09. The molecule has 2 amide bonds. The zero-order valence-electron chi connectivity index (χ0n) is 8.62. The lowest BCUT2D eigenvalue weighted by Gasteiger charge is -2.22. The number of carbonyl (C=O) groups is 2. The van der Waals surface area contributed by atoms with Crippen molar-refractivity contribution in [3.05, 3.63) is 0 Å². The minimum absolute atomic E-state index is 0.0407. The Bertz CT molecular complexity index is 233. The van der Waals surface area contributed by atoms with Gasteiger partial charge in [-0.15, -0.1) is 0 Å². The van der Waals surface area contributed by atoms with Gasteiger partial charge in [-0.05, 0) is 12.8 Å². The van der Waals surface area contributed by atoms with Gasteiger partial charge in [-0.3, -0.25) is 9.59 Å². The molecule has 15 heavy (non-hydrogen) atoms. The number of hydrogen-bond donors (Lipinski definition) is 3. The van der Waals surface area contributed by atoms with Crippen molar-refractivity contribution in [2.75, 3.05) is 26.3 Å². The predicted molar refractivity (Wildman–Crippen MR) is 54.0 cm³/mol. The lowest BCUT2D eigenvalue weighted by atomic mass is 10.1. The van der Waals surface area contributed by atoms with Crippen LogP contribution in [0.1, 0.15) is 12.8 Å². The van der Waals surface area contributed by atoms with Crippen molar-refractivity contribution in [2.24, 2.45) is 5.73 Å². The van der Waals surface area contributed by atoms with Crippen molar-refractivity contribution in [3.63, 3.8) is 0 Å². The Labute approximate surface area is 88.5 Å².